The highest BCUT2D eigenvalue weighted by Gasteiger charge is 2.09. The van der Waals surface area contributed by atoms with E-state index in [9.17, 15) is 0 Å². The number of aliphatic imine (C=N–C) groups is 1. The molecule has 1 saturated heterocycles. The van der Waals surface area contributed by atoms with Crippen LogP contribution in [0, 0.1) is 6.92 Å². The quantitative estimate of drug-likeness (QED) is 0.302. The maximum absolute atomic E-state index is 4.28. The zero-order chi connectivity index (χ0) is 15.6. The first-order valence-electron chi connectivity index (χ1n) is 8.50. The minimum atomic E-state index is 0. The van der Waals surface area contributed by atoms with E-state index in [0.717, 1.165) is 19.0 Å². The number of nitrogens with zero attached hydrogens (tertiary/aromatic N) is 2. The zero-order valence-electron chi connectivity index (χ0n) is 14.5. The third-order valence-electron chi connectivity index (χ3n) is 4.16. The lowest BCUT2D eigenvalue weighted by molar-refractivity contribution is 0.330. The van der Waals surface area contributed by atoms with Gasteiger partial charge < -0.3 is 15.5 Å². The Balaban J connectivity index is 0.00000264. The lowest BCUT2D eigenvalue weighted by Gasteiger charge is -2.15. The number of halogens is 1. The second-order valence-corrected chi connectivity index (χ2v) is 6.10. The average Bonchev–Trinajstić information content (AvgIpc) is 3.03. The van der Waals surface area contributed by atoms with Gasteiger partial charge in [0, 0.05) is 20.1 Å². The Morgan fingerprint density at radius 2 is 1.96 bits per heavy atom. The predicted molar refractivity (Wildman–Crippen MR) is 110 cm³/mol. The van der Waals surface area contributed by atoms with Crippen LogP contribution < -0.4 is 10.6 Å². The summed E-state index contributed by atoms with van der Waals surface area (Å²) in [4.78, 5) is 6.86. The molecule has 130 valence electrons. The number of hydrogen-bond donors (Lipinski definition) is 2. The van der Waals surface area contributed by atoms with Crippen LogP contribution in [0.3, 0.4) is 0 Å². The lowest BCUT2D eigenvalue weighted by atomic mass is 10.1. The molecule has 4 nitrogen and oxygen atoms in total. The van der Waals surface area contributed by atoms with Crippen molar-refractivity contribution in [1.82, 2.24) is 15.5 Å². The van der Waals surface area contributed by atoms with Crippen molar-refractivity contribution < 1.29 is 0 Å². The van der Waals surface area contributed by atoms with Gasteiger partial charge in [0.15, 0.2) is 5.96 Å². The van der Waals surface area contributed by atoms with Gasteiger partial charge in [0.25, 0.3) is 0 Å². The van der Waals surface area contributed by atoms with Crippen LogP contribution in [-0.4, -0.2) is 44.1 Å². The summed E-state index contributed by atoms with van der Waals surface area (Å²) in [6, 6.07) is 8.57. The fourth-order valence-electron chi connectivity index (χ4n) is 2.90. The summed E-state index contributed by atoms with van der Waals surface area (Å²) in [6.45, 7) is 7.77. The molecule has 1 aliphatic rings. The normalized spacial score (nSPS) is 15.3. The number of nitrogens with one attached hydrogen (secondary N) is 2. The third-order valence-corrected chi connectivity index (χ3v) is 4.16. The van der Waals surface area contributed by atoms with E-state index in [-0.39, 0.29) is 24.0 Å². The molecular formula is C18H31IN4. The molecule has 1 aromatic rings. The molecule has 0 bridgehead atoms. The van der Waals surface area contributed by atoms with Crippen LogP contribution >= 0.6 is 24.0 Å². The standard InChI is InChI=1S/C18H30N4.HI/c1-16-8-7-9-17(14-16)15-21-18(19-2)20-10-3-4-11-22-12-5-6-13-22;/h7-9,14H,3-6,10-13,15H2,1-2H3,(H2,19,20,21);1H. The highest BCUT2D eigenvalue weighted by Crippen LogP contribution is 2.08. The SMILES string of the molecule is CN=C(NCCCCN1CCCC1)NCc1cccc(C)c1.I. The molecule has 0 saturated carbocycles. The van der Waals surface area contributed by atoms with Gasteiger partial charge in [0.1, 0.15) is 0 Å². The summed E-state index contributed by atoms with van der Waals surface area (Å²) < 4.78 is 0. The fourth-order valence-corrected chi connectivity index (χ4v) is 2.90. The lowest BCUT2D eigenvalue weighted by Crippen LogP contribution is -2.37. The molecule has 1 aromatic carbocycles. The van der Waals surface area contributed by atoms with Gasteiger partial charge in [-0.15, -0.1) is 24.0 Å². The minimum absolute atomic E-state index is 0. The Morgan fingerprint density at radius 3 is 2.65 bits per heavy atom. The zero-order valence-corrected chi connectivity index (χ0v) is 16.8. The Labute approximate surface area is 158 Å². The van der Waals surface area contributed by atoms with Crippen molar-refractivity contribution in [2.75, 3.05) is 33.2 Å². The van der Waals surface area contributed by atoms with E-state index in [1.807, 2.05) is 7.05 Å². The third kappa shape index (κ3) is 8.01. The molecule has 0 amide bonds. The maximum Gasteiger partial charge on any atom is 0.191 e. The molecule has 2 rings (SSSR count). The Hall–Kier alpha value is -0.820. The molecule has 0 aromatic heterocycles. The van der Waals surface area contributed by atoms with Gasteiger partial charge in [0.05, 0.1) is 0 Å². The summed E-state index contributed by atoms with van der Waals surface area (Å²) in [7, 11) is 1.83. The van der Waals surface area contributed by atoms with Crippen molar-refractivity contribution in [3.05, 3.63) is 35.4 Å². The minimum Gasteiger partial charge on any atom is -0.356 e. The summed E-state index contributed by atoms with van der Waals surface area (Å²) >= 11 is 0. The van der Waals surface area contributed by atoms with Crippen LogP contribution in [0.25, 0.3) is 0 Å². The van der Waals surface area contributed by atoms with Crippen molar-refractivity contribution in [3.63, 3.8) is 0 Å². The van der Waals surface area contributed by atoms with Crippen LogP contribution in [0.15, 0.2) is 29.3 Å². The van der Waals surface area contributed by atoms with Gasteiger partial charge in [0.2, 0.25) is 0 Å². The number of guanidine groups is 1. The predicted octanol–water partition coefficient (Wildman–Crippen LogP) is 3.15. The molecule has 0 unspecified atom stereocenters. The highest BCUT2D eigenvalue weighted by atomic mass is 127. The van der Waals surface area contributed by atoms with E-state index in [2.05, 4.69) is 51.7 Å². The first kappa shape index (κ1) is 20.2. The summed E-state index contributed by atoms with van der Waals surface area (Å²) in [5.41, 5.74) is 2.58. The van der Waals surface area contributed by atoms with Crippen LogP contribution in [0.2, 0.25) is 0 Å². The second kappa shape index (κ2) is 11.7. The van der Waals surface area contributed by atoms with Crippen molar-refractivity contribution in [1.29, 1.82) is 0 Å². The molecule has 1 aliphatic heterocycles. The monoisotopic (exact) mass is 430 g/mol. The average molecular weight is 430 g/mol. The van der Waals surface area contributed by atoms with E-state index >= 15 is 0 Å². The number of rotatable bonds is 7. The molecule has 23 heavy (non-hydrogen) atoms. The molecule has 0 aliphatic carbocycles. The van der Waals surface area contributed by atoms with E-state index < -0.39 is 0 Å². The topological polar surface area (TPSA) is 39.7 Å². The largest absolute Gasteiger partial charge is 0.356 e. The number of hydrogen-bond acceptors (Lipinski definition) is 2. The van der Waals surface area contributed by atoms with Crippen LogP contribution in [0.1, 0.15) is 36.8 Å². The van der Waals surface area contributed by atoms with Gasteiger partial charge in [-0.05, 0) is 57.8 Å². The molecule has 5 heteroatoms. The van der Waals surface area contributed by atoms with Crippen LogP contribution in [-0.2, 0) is 6.54 Å². The Morgan fingerprint density at radius 1 is 1.17 bits per heavy atom. The van der Waals surface area contributed by atoms with E-state index in [0.29, 0.717) is 0 Å². The fraction of sp³-hybridized carbons (Fsp3) is 0.611. The van der Waals surface area contributed by atoms with Crippen molar-refractivity contribution in [3.8, 4) is 0 Å². The van der Waals surface area contributed by atoms with Crippen LogP contribution in [0.5, 0.6) is 0 Å². The molecule has 2 N–H and O–H groups in total. The number of benzene rings is 1. The Kier molecular flexibility index (Phi) is 10.3. The number of likely N-dealkylation sites (tertiary alicyclic amines) is 1. The van der Waals surface area contributed by atoms with E-state index in [4.69, 9.17) is 0 Å². The van der Waals surface area contributed by atoms with Gasteiger partial charge in [-0.1, -0.05) is 29.8 Å². The van der Waals surface area contributed by atoms with Gasteiger partial charge in [-0.25, -0.2) is 0 Å². The van der Waals surface area contributed by atoms with Gasteiger partial charge in [-0.2, -0.15) is 0 Å². The summed E-state index contributed by atoms with van der Waals surface area (Å²) in [5.74, 6) is 0.891. The molecule has 0 spiro atoms. The summed E-state index contributed by atoms with van der Waals surface area (Å²) in [5, 5.41) is 6.77. The molecule has 1 fully saturated rings. The first-order chi connectivity index (χ1) is 10.8. The van der Waals surface area contributed by atoms with Crippen molar-refractivity contribution >= 4 is 29.9 Å². The first-order valence-corrected chi connectivity index (χ1v) is 8.50. The number of aryl methyl sites for hydroxylation is 1. The highest BCUT2D eigenvalue weighted by molar-refractivity contribution is 14.0. The molecule has 1 heterocycles. The second-order valence-electron chi connectivity index (χ2n) is 6.10. The van der Waals surface area contributed by atoms with Crippen LogP contribution in [0.4, 0.5) is 0 Å². The number of unbranched alkanes of at least 4 members (excludes halogenated alkanes) is 1. The summed E-state index contributed by atoms with van der Waals surface area (Å²) in [6.07, 6.45) is 5.23. The van der Waals surface area contributed by atoms with E-state index in [1.165, 1.54) is 56.4 Å². The van der Waals surface area contributed by atoms with Crippen molar-refractivity contribution in [2.24, 2.45) is 4.99 Å². The van der Waals surface area contributed by atoms with Gasteiger partial charge >= 0.3 is 0 Å². The molecule has 0 radical (unpaired) electrons. The Bertz CT molecular complexity index is 470. The van der Waals surface area contributed by atoms with Gasteiger partial charge in [-0.3, -0.25) is 4.99 Å². The van der Waals surface area contributed by atoms with Crippen molar-refractivity contribution in [2.45, 2.75) is 39.2 Å². The molecule has 0 atom stereocenters. The molecular weight excluding hydrogens is 399 g/mol. The maximum atomic E-state index is 4.28. The smallest absolute Gasteiger partial charge is 0.191 e. The van der Waals surface area contributed by atoms with E-state index in [1.54, 1.807) is 0 Å².